The number of hydrogen-bond donors (Lipinski definition) is 2. The number of rotatable bonds is 64. The number of nitrogens with zero attached hydrogens (tertiary/aromatic N) is 1. The fourth-order valence-corrected chi connectivity index (χ4v) is 11.0. The van der Waals surface area contributed by atoms with Crippen LogP contribution in [-0.4, -0.2) is 74.3 Å². The molecule has 0 saturated heterocycles. The summed E-state index contributed by atoms with van der Waals surface area (Å²) >= 11 is 0. The summed E-state index contributed by atoms with van der Waals surface area (Å²) in [6.45, 7) is 6.98. The molecule has 0 aliphatic heterocycles. The predicted molar refractivity (Wildman–Crippen MR) is 355 cm³/mol. The Kier molecular flexibility index (Phi) is 60.1. The molecular weight excluding hydrogens is 1040 g/mol. The fraction of sp³-hybridized carbons (Fsp3) is 0.833. The van der Waals surface area contributed by atoms with Crippen LogP contribution in [0.5, 0.6) is 0 Å². The zero-order valence-electron chi connectivity index (χ0n) is 55.0. The van der Waals surface area contributed by atoms with Gasteiger partial charge in [0.1, 0.15) is 19.3 Å². The quantitative estimate of drug-likeness (QED) is 0.0205. The Labute approximate surface area is 509 Å². The smallest absolute Gasteiger partial charge is 0.456 e. The molecule has 480 valence electrons. The number of hydrogen-bond acceptors (Lipinski definition) is 6. The number of quaternary nitrogens is 1. The largest absolute Gasteiger partial charge is 0.472 e. The fourth-order valence-electron chi connectivity index (χ4n) is 10.3. The van der Waals surface area contributed by atoms with Gasteiger partial charge in [-0.2, -0.15) is 0 Å². The van der Waals surface area contributed by atoms with Gasteiger partial charge in [0.05, 0.1) is 33.8 Å². The molecule has 10 heteroatoms. The van der Waals surface area contributed by atoms with Crippen molar-refractivity contribution in [3.05, 3.63) is 60.8 Å². The third-order valence-corrected chi connectivity index (χ3v) is 16.7. The van der Waals surface area contributed by atoms with Crippen LogP contribution >= 0.6 is 7.82 Å². The molecule has 0 radical (unpaired) electrons. The number of nitrogens with one attached hydrogen (secondary N) is 1. The third kappa shape index (κ3) is 62.2. The molecule has 0 saturated carbocycles. The van der Waals surface area contributed by atoms with Crippen LogP contribution in [0.1, 0.15) is 335 Å². The number of phosphoric acid groups is 1. The summed E-state index contributed by atoms with van der Waals surface area (Å²) in [4.78, 5) is 37.8. The van der Waals surface area contributed by atoms with Crippen LogP contribution in [0.4, 0.5) is 0 Å². The monoisotopic (exact) mass is 1170 g/mol. The number of amides is 1. The molecule has 0 fully saturated rings. The Morgan fingerprint density at radius 2 is 0.756 bits per heavy atom. The highest BCUT2D eigenvalue weighted by Gasteiger charge is 2.30. The first-order valence-corrected chi connectivity index (χ1v) is 36.6. The average molecular weight is 1170 g/mol. The van der Waals surface area contributed by atoms with Crippen LogP contribution in [0, 0.1) is 0 Å². The zero-order valence-corrected chi connectivity index (χ0v) is 55.9. The second-order valence-electron chi connectivity index (χ2n) is 25.1. The van der Waals surface area contributed by atoms with E-state index in [9.17, 15) is 19.0 Å². The molecule has 82 heavy (non-hydrogen) atoms. The second-order valence-corrected chi connectivity index (χ2v) is 26.5. The van der Waals surface area contributed by atoms with Gasteiger partial charge < -0.3 is 19.4 Å². The van der Waals surface area contributed by atoms with Gasteiger partial charge >= 0.3 is 13.8 Å². The van der Waals surface area contributed by atoms with E-state index in [-0.39, 0.29) is 37.9 Å². The number of carbonyl (C=O) groups excluding carboxylic acids is 2. The first-order valence-electron chi connectivity index (χ1n) is 35.1. The molecule has 1 amide bonds. The first kappa shape index (κ1) is 79.7. The molecule has 3 atom stereocenters. The minimum atomic E-state index is -4.47. The van der Waals surface area contributed by atoms with E-state index in [4.69, 9.17) is 13.8 Å². The van der Waals surface area contributed by atoms with Crippen molar-refractivity contribution < 1.29 is 37.3 Å². The summed E-state index contributed by atoms with van der Waals surface area (Å²) in [6, 6.07) is -0.877. The molecule has 0 heterocycles. The molecule has 0 rings (SSSR count). The standard InChI is InChI=1S/C72H135N2O7P/c1-7-10-13-16-19-22-25-28-30-32-33-34-35-36-37-38-39-40-41-43-45-47-50-53-56-59-62-65-72(76)81-70(63-60-57-54-51-48-27-24-21-18-15-12-9-3)69(68-80-82(77,78)79-67-66-74(4,5)6)73-71(75)64-61-58-55-52-49-46-44-42-31-29-26-23-20-17-14-11-8-2/h20,23,29,31,44,46,52,55,60,63,69-70H,7-19,21-22,24-28,30,32-43,45,47-51,53-54,56-59,61-62,64-68H2,1-6H3,(H-,73,75,77,78)/p+1/b23-20-,31-29-,46-44-,55-52-,63-60-. The summed E-state index contributed by atoms with van der Waals surface area (Å²) in [6.07, 6.45) is 79.7. The molecule has 0 aromatic carbocycles. The number of phosphoric ester groups is 1. The summed E-state index contributed by atoms with van der Waals surface area (Å²) in [5.41, 5.74) is 0. The predicted octanol–water partition coefficient (Wildman–Crippen LogP) is 22.2. The first-order chi connectivity index (χ1) is 39.9. The number of allylic oxidation sites excluding steroid dienone is 9. The van der Waals surface area contributed by atoms with Crippen molar-refractivity contribution in [3.8, 4) is 0 Å². The third-order valence-electron chi connectivity index (χ3n) is 15.7. The molecule has 0 bridgehead atoms. The highest BCUT2D eigenvalue weighted by atomic mass is 31.2. The molecule has 0 aliphatic rings. The van der Waals surface area contributed by atoms with Crippen LogP contribution in [0.15, 0.2) is 60.8 Å². The van der Waals surface area contributed by atoms with Crippen molar-refractivity contribution in [2.24, 2.45) is 0 Å². The van der Waals surface area contributed by atoms with Crippen molar-refractivity contribution in [1.29, 1.82) is 0 Å². The van der Waals surface area contributed by atoms with Crippen LogP contribution in [0.25, 0.3) is 0 Å². The normalized spacial score (nSPS) is 13.9. The average Bonchev–Trinajstić information content (AvgIpc) is 3.44. The Morgan fingerprint density at radius 1 is 0.427 bits per heavy atom. The summed E-state index contributed by atoms with van der Waals surface area (Å²) in [7, 11) is 1.47. The van der Waals surface area contributed by atoms with E-state index in [1.165, 1.54) is 231 Å². The van der Waals surface area contributed by atoms with E-state index in [2.05, 4.69) is 74.7 Å². The van der Waals surface area contributed by atoms with E-state index in [0.717, 1.165) is 64.2 Å². The summed E-state index contributed by atoms with van der Waals surface area (Å²) in [5.74, 6) is -0.558. The molecule has 0 spiro atoms. The number of esters is 1. The molecule has 3 unspecified atom stereocenters. The highest BCUT2D eigenvalue weighted by molar-refractivity contribution is 7.47. The van der Waals surface area contributed by atoms with Crippen molar-refractivity contribution in [2.45, 2.75) is 348 Å². The number of likely N-dealkylation sites (N-methyl/N-ethyl adjacent to an activating group) is 1. The van der Waals surface area contributed by atoms with Crippen LogP contribution in [0.3, 0.4) is 0 Å². The Morgan fingerprint density at radius 3 is 1.16 bits per heavy atom. The van der Waals surface area contributed by atoms with E-state index < -0.39 is 20.0 Å². The molecule has 0 aliphatic carbocycles. The summed E-state index contributed by atoms with van der Waals surface area (Å²) in [5, 5.41) is 3.03. The maximum Gasteiger partial charge on any atom is 0.472 e. The van der Waals surface area contributed by atoms with Gasteiger partial charge in [0.25, 0.3) is 0 Å². The van der Waals surface area contributed by atoms with Crippen LogP contribution < -0.4 is 5.32 Å². The van der Waals surface area contributed by atoms with Crippen molar-refractivity contribution in [3.63, 3.8) is 0 Å². The van der Waals surface area contributed by atoms with Gasteiger partial charge in [-0.15, -0.1) is 0 Å². The van der Waals surface area contributed by atoms with E-state index in [1.54, 1.807) is 0 Å². The molecule has 9 nitrogen and oxygen atoms in total. The molecule has 2 N–H and O–H groups in total. The lowest BCUT2D eigenvalue weighted by Gasteiger charge is -2.27. The van der Waals surface area contributed by atoms with Crippen LogP contribution in [0.2, 0.25) is 0 Å². The number of ether oxygens (including phenoxy) is 1. The van der Waals surface area contributed by atoms with E-state index in [1.807, 2.05) is 33.3 Å². The maximum atomic E-state index is 13.5. The number of carbonyl (C=O) groups is 2. The van der Waals surface area contributed by atoms with E-state index >= 15 is 0 Å². The second kappa shape index (κ2) is 61.8. The van der Waals surface area contributed by atoms with Crippen molar-refractivity contribution in [1.82, 2.24) is 5.32 Å². The zero-order chi connectivity index (χ0) is 60.0. The van der Waals surface area contributed by atoms with Gasteiger partial charge in [-0.1, -0.05) is 313 Å². The van der Waals surface area contributed by atoms with Gasteiger partial charge in [-0.05, 0) is 70.3 Å². The van der Waals surface area contributed by atoms with Crippen LogP contribution in [-0.2, 0) is 27.9 Å². The number of unbranched alkanes of at least 4 members (excludes halogenated alkanes) is 40. The Balaban J connectivity index is 5.05. The summed E-state index contributed by atoms with van der Waals surface area (Å²) < 4.78 is 30.7. The topological polar surface area (TPSA) is 111 Å². The minimum Gasteiger partial charge on any atom is -0.456 e. The molecule has 0 aromatic rings. The van der Waals surface area contributed by atoms with E-state index in [0.29, 0.717) is 17.4 Å². The van der Waals surface area contributed by atoms with Crippen molar-refractivity contribution >= 4 is 19.7 Å². The minimum absolute atomic E-state index is 0.0304. The highest BCUT2D eigenvalue weighted by Crippen LogP contribution is 2.43. The lowest BCUT2D eigenvalue weighted by molar-refractivity contribution is -0.870. The van der Waals surface area contributed by atoms with Gasteiger partial charge in [0.2, 0.25) is 5.91 Å². The maximum absolute atomic E-state index is 13.5. The van der Waals surface area contributed by atoms with Gasteiger partial charge in [0.15, 0.2) is 0 Å². The Hall–Kier alpha value is -2.29. The van der Waals surface area contributed by atoms with Gasteiger partial charge in [0, 0.05) is 12.8 Å². The lowest BCUT2D eigenvalue weighted by atomic mass is 10.0. The molecular formula is C72H136N2O7P+. The molecule has 0 aromatic heterocycles. The van der Waals surface area contributed by atoms with Crippen molar-refractivity contribution in [2.75, 3.05) is 40.9 Å². The Bertz CT molecular complexity index is 1590. The van der Waals surface area contributed by atoms with Gasteiger partial charge in [-0.3, -0.25) is 18.6 Å². The lowest BCUT2D eigenvalue weighted by Crippen LogP contribution is -2.47. The van der Waals surface area contributed by atoms with Gasteiger partial charge in [-0.25, -0.2) is 4.57 Å². The SMILES string of the molecule is CCCCC/C=C\C/C=C\C/C=C\C/C=C\CCCC(=O)NC(COP(=O)(O)OCC[N+](C)(C)C)C(/C=C\CCCCCCCCCCCC)OC(=O)CCCCCCCCCCCCCCCCCCCCCCCCCCCCC.